The zero-order valence-corrected chi connectivity index (χ0v) is 15.2. The zero-order valence-electron chi connectivity index (χ0n) is 15.2. The fourth-order valence-corrected chi connectivity index (χ4v) is 2.27. The fourth-order valence-electron chi connectivity index (χ4n) is 2.27. The van der Waals surface area contributed by atoms with Gasteiger partial charge in [0.15, 0.2) is 12.4 Å². The van der Waals surface area contributed by atoms with E-state index in [-0.39, 0.29) is 36.3 Å². The summed E-state index contributed by atoms with van der Waals surface area (Å²) in [6.07, 6.45) is 1.74. The van der Waals surface area contributed by atoms with Gasteiger partial charge in [-0.1, -0.05) is 7.43 Å². The molecule has 0 aliphatic heterocycles. The molecule has 2 aromatic carbocycles. The number of oxazole rings is 2. The molecule has 0 saturated heterocycles. The van der Waals surface area contributed by atoms with Gasteiger partial charge in [-0.25, -0.2) is 18.7 Å². The van der Waals surface area contributed by atoms with Crippen molar-refractivity contribution < 1.29 is 27.5 Å². The van der Waals surface area contributed by atoms with Gasteiger partial charge in [-0.05, 0) is 48.5 Å². The SMILES string of the molecule is C.N#CC(O)c1coc(-c2ccc(F)cc2)n1.O=Cc1coc(-c2ccc(F)cc2)n1. The molecule has 7 nitrogen and oxygen atoms in total. The maximum absolute atomic E-state index is 12.7. The van der Waals surface area contributed by atoms with E-state index in [2.05, 4.69) is 9.97 Å². The number of benzene rings is 2. The molecule has 0 bridgehead atoms. The van der Waals surface area contributed by atoms with E-state index in [0.29, 0.717) is 23.3 Å². The standard InChI is InChI=1S/C11H7FN2O2.C10H6FNO2.CH4/c12-8-3-1-7(2-4-8)11-14-9(6-16-11)10(15)5-13;11-8-3-1-7(2-4-8)10-12-9(5-13)6-14-10;/h1-4,6,10,15H;1-6H;1H4. The van der Waals surface area contributed by atoms with Gasteiger partial charge in [-0.3, -0.25) is 4.79 Å². The van der Waals surface area contributed by atoms with Crippen LogP contribution in [-0.2, 0) is 0 Å². The molecule has 2 aromatic heterocycles. The lowest BCUT2D eigenvalue weighted by atomic mass is 10.2. The van der Waals surface area contributed by atoms with Crippen LogP contribution in [0.15, 0.2) is 69.9 Å². The molecule has 4 aromatic rings. The summed E-state index contributed by atoms with van der Waals surface area (Å²) in [5.41, 5.74) is 1.59. The van der Waals surface area contributed by atoms with Crippen molar-refractivity contribution in [1.29, 1.82) is 5.26 Å². The highest BCUT2D eigenvalue weighted by molar-refractivity contribution is 5.72. The molecule has 9 heteroatoms. The first-order valence-electron chi connectivity index (χ1n) is 8.46. The predicted octanol–water partition coefficient (Wildman–Crippen LogP) is 4.97. The molecular weight excluding hydrogens is 408 g/mol. The zero-order chi connectivity index (χ0) is 21.5. The van der Waals surface area contributed by atoms with Crippen LogP contribution in [0.4, 0.5) is 8.78 Å². The lowest BCUT2D eigenvalue weighted by Gasteiger charge is -1.94. The van der Waals surface area contributed by atoms with E-state index in [1.165, 1.54) is 61.1 Å². The Hall–Kier alpha value is -4.16. The number of nitrogens with zero attached hydrogens (tertiary/aromatic N) is 3. The van der Waals surface area contributed by atoms with Crippen LogP contribution < -0.4 is 0 Å². The number of nitriles is 1. The lowest BCUT2D eigenvalue weighted by molar-refractivity contribution is 0.111. The summed E-state index contributed by atoms with van der Waals surface area (Å²) in [6, 6.07) is 12.9. The summed E-state index contributed by atoms with van der Waals surface area (Å²) in [5, 5.41) is 17.7. The second-order valence-corrected chi connectivity index (χ2v) is 5.82. The topological polar surface area (TPSA) is 113 Å². The summed E-state index contributed by atoms with van der Waals surface area (Å²) < 4.78 is 35.3. The van der Waals surface area contributed by atoms with Gasteiger partial charge in [0.2, 0.25) is 11.8 Å². The van der Waals surface area contributed by atoms with Gasteiger partial charge in [0, 0.05) is 11.1 Å². The normalized spacial score (nSPS) is 10.8. The minimum Gasteiger partial charge on any atom is -0.444 e. The number of aliphatic hydroxyl groups is 1. The highest BCUT2D eigenvalue weighted by atomic mass is 19.1. The van der Waals surface area contributed by atoms with Gasteiger partial charge in [0.25, 0.3) is 0 Å². The minimum atomic E-state index is -1.31. The number of carbonyl (C=O) groups excluding carboxylic acids is 1. The second kappa shape index (κ2) is 10.6. The fraction of sp³-hybridized carbons (Fsp3) is 0.0909. The predicted molar refractivity (Wildman–Crippen MR) is 106 cm³/mol. The Morgan fingerprint density at radius 2 is 1.39 bits per heavy atom. The molecule has 1 N–H and O–H groups in total. The Morgan fingerprint density at radius 1 is 0.903 bits per heavy atom. The molecule has 31 heavy (non-hydrogen) atoms. The first kappa shape index (κ1) is 23.1. The number of aromatic nitrogens is 2. The smallest absolute Gasteiger partial charge is 0.226 e. The van der Waals surface area contributed by atoms with Gasteiger partial charge >= 0.3 is 0 Å². The number of rotatable bonds is 4. The van der Waals surface area contributed by atoms with E-state index in [0.717, 1.165) is 0 Å². The molecule has 1 unspecified atom stereocenters. The Balaban J connectivity index is 0.000000215. The average molecular weight is 425 g/mol. The Kier molecular flexibility index (Phi) is 7.88. The molecule has 0 fully saturated rings. The summed E-state index contributed by atoms with van der Waals surface area (Å²) in [6.45, 7) is 0. The third-order valence-corrected chi connectivity index (χ3v) is 3.75. The molecule has 2 heterocycles. The maximum Gasteiger partial charge on any atom is 0.226 e. The van der Waals surface area contributed by atoms with Crippen LogP contribution in [0.25, 0.3) is 22.9 Å². The summed E-state index contributed by atoms with van der Waals surface area (Å²) in [7, 11) is 0. The number of carbonyl (C=O) groups is 1. The van der Waals surface area contributed by atoms with Crippen molar-refractivity contribution in [2.75, 3.05) is 0 Å². The average Bonchev–Trinajstić information content (AvgIpc) is 3.45. The molecule has 0 aliphatic carbocycles. The van der Waals surface area contributed by atoms with Gasteiger partial charge in [-0.15, -0.1) is 0 Å². The van der Waals surface area contributed by atoms with Crippen molar-refractivity contribution in [3.63, 3.8) is 0 Å². The third-order valence-electron chi connectivity index (χ3n) is 3.75. The van der Waals surface area contributed by atoms with Crippen molar-refractivity contribution in [2.45, 2.75) is 13.5 Å². The largest absolute Gasteiger partial charge is 0.444 e. The van der Waals surface area contributed by atoms with Crippen LogP contribution in [-0.4, -0.2) is 21.4 Å². The van der Waals surface area contributed by atoms with E-state index in [1.54, 1.807) is 6.07 Å². The third kappa shape index (κ3) is 5.91. The molecule has 4 rings (SSSR count). The van der Waals surface area contributed by atoms with Crippen molar-refractivity contribution in [3.8, 4) is 29.0 Å². The van der Waals surface area contributed by atoms with Crippen LogP contribution >= 0.6 is 0 Å². The van der Waals surface area contributed by atoms with Crippen molar-refractivity contribution in [2.24, 2.45) is 0 Å². The Labute approximate surface area is 176 Å². The van der Waals surface area contributed by atoms with Crippen molar-refractivity contribution in [1.82, 2.24) is 9.97 Å². The Bertz CT molecular complexity index is 1160. The van der Waals surface area contributed by atoms with E-state index in [9.17, 15) is 18.7 Å². The van der Waals surface area contributed by atoms with E-state index in [1.807, 2.05) is 0 Å². The van der Waals surface area contributed by atoms with Crippen molar-refractivity contribution in [3.05, 3.63) is 84.1 Å². The monoisotopic (exact) mass is 425 g/mol. The van der Waals surface area contributed by atoms with Gasteiger partial charge in [0.1, 0.15) is 41.6 Å². The number of aliphatic hydroxyl groups excluding tert-OH is 1. The highest BCUT2D eigenvalue weighted by Crippen LogP contribution is 2.21. The number of hydrogen-bond acceptors (Lipinski definition) is 7. The van der Waals surface area contributed by atoms with Crippen LogP contribution in [0.5, 0.6) is 0 Å². The molecule has 0 saturated carbocycles. The number of halogens is 2. The summed E-state index contributed by atoms with van der Waals surface area (Å²) >= 11 is 0. The number of hydrogen-bond donors (Lipinski definition) is 1. The molecule has 1 atom stereocenters. The quantitative estimate of drug-likeness (QED) is 0.363. The first-order valence-corrected chi connectivity index (χ1v) is 8.46. The van der Waals surface area contributed by atoms with E-state index in [4.69, 9.17) is 14.1 Å². The summed E-state index contributed by atoms with van der Waals surface area (Å²) in [4.78, 5) is 18.1. The van der Waals surface area contributed by atoms with Crippen LogP contribution in [0, 0.1) is 23.0 Å². The van der Waals surface area contributed by atoms with Gasteiger partial charge < -0.3 is 13.9 Å². The number of aldehydes is 1. The van der Waals surface area contributed by atoms with Crippen LogP contribution in [0.2, 0.25) is 0 Å². The molecule has 0 amide bonds. The molecule has 0 radical (unpaired) electrons. The lowest BCUT2D eigenvalue weighted by Crippen LogP contribution is -1.92. The maximum atomic E-state index is 12.7. The summed E-state index contributed by atoms with van der Waals surface area (Å²) in [5.74, 6) is -0.125. The van der Waals surface area contributed by atoms with Crippen molar-refractivity contribution >= 4 is 6.29 Å². The van der Waals surface area contributed by atoms with Gasteiger partial charge in [-0.2, -0.15) is 5.26 Å². The van der Waals surface area contributed by atoms with Gasteiger partial charge in [0.05, 0.1) is 0 Å². The van der Waals surface area contributed by atoms with E-state index < -0.39 is 6.10 Å². The molecule has 0 aliphatic rings. The van der Waals surface area contributed by atoms with Crippen LogP contribution in [0.3, 0.4) is 0 Å². The molecular formula is C22H17F2N3O4. The minimum absolute atomic E-state index is 0. The van der Waals surface area contributed by atoms with E-state index >= 15 is 0 Å². The highest BCUT2D eigenvalue weighted by Gasteiger charge is 2.13. The molecule has 158 valence electrons. The molecule has 0 spiro atoms. The second-order valence-electron chi connectivity index (χ2n) is 5.82. The first-order chi connectivity index (χ1) is 14.5. The van der Waals surface area contributed by atoms with Crippen LogP contribution in [0.1, 0.15) is 29.7 Å². The Morgan fingerprint density at radius 3 is 1.84 bits per heavy atom.